The van der Waals surface area contributed by atoms with E-state index in [-0.39, 0.29) is 17.6 Å². The number of ether oxygens (including phenoxy) is 1. The van der Waals surface area contributed by atoms with Crippen molar-refractivity contribution in [2.45, 2.75) is 59.5 Å². The molecule has 0 N–H and O–H groups in total. The van der Waals surface area contributed by atoms with Gasteiger partial charge in [0.15, 0.2) is 0 Å². The summed E-state index contributed by atoms with van der Waals surface area (Å²) >= 11 is 0. The molecule has 0 amide bonds. The van der Waals surface area contributed by atoms with Gasteiger partial charge in [-0.1, -0.05) is 6.92 Å². The molecule has 0 saturated carbocycles. The topological polar surface area (TPSA) is 57.2 Å². The summed E-state index contributed by atoms with van der Waals surface area (Å²) in [5.41, 5.74) is 0.0783. The Morgan fingerprint density at radius 2 is 1.62 bits per heavy atom. The summed E-state index contributed by atoms with van der Waals surface area (Å²) in [7, 11) is -2.82. The molecule has 7 heteroatoms. The zero-order valence-electron chi connectivity index (χ0n) is 16.0. The van der Waals surface area contributed by atoms with Gasteiger partial charge >= 0.3 is 14.8 Å². The first-order chi connectivity index (χ1) is 11.6. The van der Waals surface area contributed by atoms with E-state index in [1.165, 1.54) is 0 Å². The molecule has 2 atom stereocenters. The van der Waals surface area contributed by atoms with Crippen molar-refractivity contribution in [1.82, 2.24) is 4.90 Å². The lowest BCUT2D eigenvalue weighted by Gasteiger charge is -2.43. The molecule has 1 aliphatic rings. The fourth-order valence-electron chi connectivity index (χ4n) is 3.49. The number of nitrogens with zero attached hydrogens (tertiary/aromatic N) is 1. The van der Waals surface area contributed by atoms with Crippen molar-refractivity contribution in [3.63, 3.8) is 0 Å². The van der Waals surface area contributed by atoms with Crippen molar-refractivity contribution in [1.29, 1.82) is 0 Å². The summed E-state index contributed by atoms with van der Waals surface area (Å²) in [5, 5.41) is 0. The van der Waals surface area contributed by atoms with Crippen molar-refractivity contribution in [2.75, 3.05) is 39.5 Å². The van der Waals surface area contributed by atoms with Crippen LogP contribution in [0.15, 0.2) is 0 Å². The summed E-state index contributed by atoms with van der Waals surface area (Å²) < 4.78 is 23.5. The molecule has 0 aliphatic carbocycles. The molecule has 1 rings (SSSR count). The van der Waals surface area contributed by atoms with Crippen LogP contribution < -0.4 is 0 Å². The highest BCUT2D eigenvalue weighted by molar-refractivity contribution is 6.62. The lowest BCUT2D eigenvalue weighted by Crippen LogP contribution is -2.64. The third-order valence-electron chi connectivity index (χ3n) is 4.34. The average molecular weight is 362 g/mol. The van der Waals surface area contributed by atoms with Gasteiger partial charge in [0.1, 0.15) is 0 Å². The number of carbonyl (C=O) groups is 1. The summed E-state index contributed by atoms with van der Waals surface area (Å²) in [6, 6.07) is 0. The maximum atomic E-state index is 12.2. The van der Waals surface area contributed by atoms with Crippen LogP contribution >= 0.6 is 0 Å². The van der Waals surface area contributed by atoms with Gasteiger partial charge in [-0.25, -0.2) is 0 Å². The Labute approximate surface area is 148 Å². The second-order valence-electron chi connectivity index (χ2n) is 5.91. The molecule has 1 heterocycles. The van der Waals surface area contributed by atoms with Crippen molar-refractivity contribution in [3.8, 4) is 0 Å². The Balaban J connectivity index is 2.95. The van der Waals surface area contributed by atoms with E-state index in [0.717, 1.165) is 25.8 Å². The van der Waals surface area contributed by atoms with Gasteiger partial charge in [-0.15, -0.1) is 0 Å². The fourth-order valence-corrected chi connectivity index (χ4v) is 6.71. The molecule has 0 aromatic heterocycles. The molecule has 24 heavy (non-hydrogen) atoms. The first kappa shape index (κ1) is 21.6. The first-order valence-corrected chi connectivity index (χ1v) is 11.2. The van der Waals surface area contributed by atoms with Crippen LogP contribution in [0.2, 0.25) is 0 Å². The standard InChI is InChI=1S/C17H35NO5Si/c1-6-16(24(21-8-3,22-9-4)23-10-5)18-13-11-12-15(14-18)17(19)20-7-2/h15-16H,6-14H2,1-5H3. The van der Waals surface area contributed by atoms with Crippen molar-refractivity contribution < 1.29 is 22.8 Å². The van der Waals surface area contributed by atoms with Crippen LogP contribution in [0.4, 0.5) is 0 Å². The maximum absolute atomic E-state index is 12.2. The molecular formula is C17H35NO5Si. The molecule has 6 nitrogen and oxygen atoms in total. The van der Waals surface area contributed by atoms with E-state index in [0.29, 0.717) is 33.0 Å². The van der Waals surface area contributed by atoms with Crippen molar-refractivity contribution in [3.05, 3.63) is 0 Å². The van der Waals surface area contributed by atoms with Gasteiger partial charge in [0.2, 0.25) is 0 Å². The lowest BCUT2D eigenvalue weighted by molar-refractivity contribution is -0.150. The highest BCUT2D eigenvalue weighted by Gasteiger charge is 2.52. The second-order valence-corrected chi connectivity index (χ2v) is 8.65. The molecule has 2 unspecified atom stereocenters. The predicted molar refractivity (Wildman–Crippen MR) is 95.6 cm³/mol. The Morgan fingerprint density at radius 3 is 2.08 bits per heavy atom. The van der Waals surface area contributed by atoms with Crippen LogP contribution in [0.1, 0.15) is 53.9 Å². The van der Waals surface area contributed by atoms with E-state index < -0.39 is 8.80 Å². The van der Waals surface area contributed by atoms with Gasteiger partial charge in [0.25, 0.3) is 0 Å². The summed E-state index contributed by atoms with van der Waals surface area (Å²) in [6.45, 7) is 13.7. The zero-order valence-corrected chi connectivity index (χ0v) is 17.0. The van der Waals surface area contributed by atoms with E-state index >= 15 is 0 Å². The maximum Gasteiger partial charge on any atom is 0.519 e. The van der Waals surface area contributed by atoms with Gasteiger partial charge in [-0.3, -0.25) is 9.69 Å². The molecule has 0 aromatic rings. The monoisotopic (exact) mass is 361 g/mol. The van der Waals surface area contributed by atoms with Crippen molar-refractivity contribution >= 4 is 14.8 Å². The molecule has 142 valence electrons. The fraction of sp³-hybridized carbons (Fsp3) is 0.941. The minimum atomic E-state index is -2.82. The van der Waals surface area contributed by atoms with Crippen LogP contribution in [0.3, 0.4) is 0 Å². The van der Waals surface area contributed by atoms with Crippen LogP contribution in [-0.4, -0.2) is 64.9 Å². The van der Waals surface area contributed by atoms with E-state index in [1.807, 2.05) is 27.7 Å². The Kier molecular flexibility index (Phi) is 10.1. The molecule has 0 radical (unpaired) electrons. The quantitative estimate of drug-likeness (QED) is 0.416. The second kappa shape index (κ2) is 11.2. The number of rotatable bonds is 11. The smallest absolute Gasteiger partial charge is 0.466 e. The summed E-state index contributed by atoms with van der Waals surface area (Å²) in [6.07, 6.45) is 2.74. The van der Waals surface area contributed by atoms with Crippen LogP contribution in [0.25, 0.3) is 0 Å². The van der Waals surface area contributed by atoms with E-state index in [1.54, 1.807) is 0 Å². The normalized spacial score (nSPS) is 20.8. The third kappa shape index (κ3) is 5.52. The summed E-state index contributed by atoms with van der Waals surface area (Å²) in [4.78, 5) is 14.5. The van der Waals surface area contributed by atoms with Crippen LogP contribution in [-0.2, 0) is 22.8 Å². The average Bonchev–Trinajstić information content (AvgIpc) is 2.57. The van der Waals surface area contributed by atoms with E-state index in [2.05, 4.69) is 11.8 Å². The lowest BCUT2D eigenvalue weighted by atomic mass is 9.98. The van der Waals surface area contributed by atoms with E-state index in [9.17, 15) is 4.79 Å². The molecule has 1 fully saturated rings. The number of hydrogen-bond donors (Lipinski definition) is 0. The van der Waals surface area contributed by atoms with E-state index in [4.69, 9.17) is 18.0 Å². The Bertz CT molecular complexity index is 352. The molecule has 0 spiro atoms. The Hall–Kier alpha value is -0.473. The van der Waals surface area contributed by atoms with Crippen molar-refractivity contribution in [2.24, 2.45) is 5.92 Å². The minimum Gasteiger partial charge on any atom is -0.466 e. The minimum absolute atomic E-state index is 0.0654. The third-order valence-corrected chi connectivity index (χ3v) is 8.01. The van der Waals surface area contributed by atoms with Gasteiger partial charge in [-0.2, -0.15) is 0 Å². The number of likely N-dealkylation sites (tertiary alicyclic amines) is 1. The SMILES string of the molecule is CCOC(=O)C1CCCN(C(CC)[Si](OCC)(OCC)OCC)C1. The zero-order chi connectivity index (χ0) is 18.0. The molecule has 1 aliphatic heterocycles. The molecule has 0 aromatic carbocycles. The molecule has 1 saturated heterocycles. The summed E-state index contributed by atoms with van der Waals surface area (Å²) in [5.74, 6) is -0.155. The molecular weight excluding hydrogens is 326 g/mol. The van der Waals surface area contributed by atoms with Gasteiger partial charge in [-0.05, 0) is 53.5 Å². The van der Waals surface area contributed by atoms with Gasteiger partial charge in [0, 0.05) is 26.4 Å². The van der Waals surface area contributed by atoms with Gasteiger partial charge < -0.3 is 18.0 Å². The largest absolute Gasteiger partial charge is 0.519 e. The van der Waals surface area contributed by atoms with Crippen LogP contribution in [0.5, 0.6) is 0 Å². The number of esters is 1. The van der Waals surface area contributed by atoms with Gasteiger partial charge in [0.05, 0.1) is 18.2 Å². The Morgan fingerprint density at radius 1 is 1.04 bits per heavy atom. The highest BCUT2D eigenvalue weighted by Crippen LogP contribution is 2.28. The first-order valence-electron chi connectivity index (χ1n) is 9.40. The predicted octanol–water partition coefficient (Wildman–Crippen LogP) is 2.63. The number of hydrogen-bond acceptors (Lipinski definition) is 6. The van der Waals surface area contributed by atoms with Crippen LogP contribution in [0, 0.1) is 5.92 Å². The number of piperidine rings is 1. The highest BCUT2D eigenvalue weighted by atomic mass is 28.4. The molecule has 0 bridgehead atoms. The number of carbonyl (C=O) groups excluding carboxylic acids is 1.